The zero-order chi connectivity index (χ0) is 25.2. The van der Waals surface area contributed by atoms with Crippen molar-refractivity contribution in [2.24, 2.45) is 0 Å². The Kier molecular flexibility index (Phi) is 8.51. The van der Waals surface area contributed by atoms with Gasteiger partial charge in [-0.1, -0.05) is 94.4 Å². The van der Waals surface area contributed by atoms with E-state index >= 15 is 0 Å². The summed E-state index contributed by atoms with van der Waals surface area (Å²) >= 11 is 29.1. The molecule has 0 radical (unpaired) electrons. The zero-order valence-electron chi connectivity index (χ0n) is 18.0. The van der Waals surface area contributed by atoms with Crippen molar-refractivity contribution in [2.75, 3.05) is 5.32 Å². The van der Waals surface area contributed by atoms with Gasteiger partial charge in [0.25, 0.3) is 9.70 Å². The van der Waals surface area contributed by atoms with Gasteiger partial charge in [0.15, 0.2) is 11.4 Å². The Hall–Kier alpha value is -1.55. The Labute approximate surface area is 226 Å². The molecular formula is C23H20Cl5N3O4. The molecule has 2 aromatic carbocycles. The summed E-state index contributed by atoms with van der Waals surface area (Å²) in [6.07, 6.45) is 0.854. The molecule has 1 saturated heterocycles. The maximum atomic E-state index is 11.9. The van der Waals surface area contributed by atoms with Crippen LogP contribution in [0.15, 0.2) is 54.9 Å². The van der Waals surface area contributed by atoms with Crippen molar-refractivity contribution in [3.63, 3.8) is 0 Å². The minimum absolute atomic E-state index is 0.0405. The van der Waals surface area contributed by atoms with Crippen LogP contribution < -0.4 is 5.32 Å². The number of aliphatic hydroxyl groups excluding tert-OH is 1. The van der Waals surface area contributed by atoms with Gasteiger partial charge < -0.3 is 24.5 Å². The van der Waals surface area contributed by atoms with E-state index in [2.05, 4.69) is 10.3 Å². The smallest absolute Gasteiger partial charge is 0.276 e. The first-order chi connectivity index (χ1) is 16.6. The van der Waals surface area contributed by atoms with Crippen LogP contribution in [0.1, 0.15) is 35.5 Å². The molecule has 1 amide bonds. The van der Waals surface area contributed by atoms with Crippen LogP contribution in [-0.4, -0.2) is 30.5 Å². The van der Waals surface area contributed by atoms with Gasteiger partial charge in [0, 0.05) is 17.7 Å². The SMILES string of the molecule is O=C(Nc1ccc(C2OC(Cn3cnc(Cl)c3Cl)CC(c3ccc(CO)cc3)O2)cc1)C(Cl)(Cl)Cl. The van der Waals surface area contributed by atoms with Crippen LogP contribution in [-0.2, 0) is 27.4 Å². The maximum Gasteiger partial charge on any atom is 0.276 e. The van der Waals surface area contributed by atoms with Crippen LogP contribution in [0.4, 0.5) is 5.69 Å². The topological polar surface area (TPSA) is 85.6 Å². The molecule has 7 nitrogen and oxygen atoms in total. The predicted octanol–water partition coefficient (Wildman–Crippen LogP) is 6.24. The molecule has 0 saturated carbocycles. The number of carbonyl (C=O) groups excluding carboxylic acids is 1. The zero-order valence-corrected chi connectivity index (χ0v) is 21.8. The van der Waals surface area contributed by atoms with E-state index < -0.39 is 16.0 Å². The van der Waals surface area contributed by atoms with Crippen molar-refractivity contribution in [1.82, 2.24) is 9.55 Å². The van der Waals surface area contributed by atoms with Gasteiger partial charge in [-0.3, -0.25) is 4.79 Å². The number of ether oxygens (including phenoxy) is 2. The highest BCUT2D eigenvalue weighted by Crippen LogP contribution is 2.39. The lowest BCUT2D eigenvalue weighted by Gasteiger charge is -2.36. The van der Waals surface area contributed by atoms with E-state index in [0.717, 1.165) is 16.7 Å². The Bertz CT molecular complexity index is 1170. The van der Waals surface area contributed by atoms with Crippen molar-refractivity contribution < 1.29 is 19.4 Å². The number of rotatable bonds is 6. The van der Waals surface area contributed by atoms with Crippen molar-refractivity contribution in [3.8, 4) is 0 Å². The molecule has 12 heteroatoms. The highest BCUT2D eigenvalue weighted by molar-refractivity contribution is 6.76. The van der Waals surface area contributed by atoms with E-state index in [1.165, 1.54) is 0 Å². The molecule has 1 aliphatic heterocycles. The lowest BCUT2D eigenvalue weighted by molar-refractivity contribution is -0.252. The average Bonchev–Trinajstić information content (AvgIpc) is 3.16. The molecule has 0 aliphatic carbocycles. The van der Waals surface area contributed by atoms with Crippen LogP contribution in [0.25, 0.3) is 0 Å². The van der Waals surface area contributed by atoms with Gasteiger partial charge >= 0.3 is 0 Å². The average molecular weight is 580 g/mol. The van der Waals surface area contributed by atoms with E-state index in [9.17, 15) is 9.90 Å². The fourth-order valence-corrected chi connectivity index (χ4v) is 4.10. The minimum Gasteiger partial charge on any atom is -0.392 e. The second-order valence-corrected chi connectivity index (χ2v) is 10.9. The number of halogens is 5. The number of nitrogens with zero attached hydrogens (tertiary/aromatic N) is 2. The lowest BCUT2D eigenvalue weighted by atomic mass is 10.00. The normalized spacial score (nSPS) is 20.6. The summed E-state index contributed by atoms with van der Waals surface area (Å²) in [6.45, 7) is 0.377. The van der Waals surface area contributed by atoms with Crippen LogP contribution >= 0.6 is 58.0 Å². The minimum atomic E-state index is -2.07. The van der Waals surface area contributed by atoms with E-state index in [0.29, 0.717) is 23.8 Å². The molecule has 1 aliphatic rings. The van der Waals surface area contributed by atoms with Crippen molar-refractivity contribution in [3.05, 3.63) is 81.9 Å². The monoisotopic (exact) mass is 577 g/mol. The number of amides is 1. The summed E-state index contributed by atoms with van der Waals surface area (Å²) in [4.78, 5) is 15.9. The van der Waals surface area contributed by atoms with Crippen LogP contribution in [0.3, 0.4) is 0 Å². The third kappa shape index (κ3) is 6.61. The molecule has 4 rings (SSSR count). The summed E-state index contributed by atoms with van der Waals surface area (Å²) in [7, 11) is 0. The van der Waals surface area contributed by atoms with E-state index in [-0.39, 0.29) is 24.0 Å². The van der Waals surface area contributed by atoms with Crippen LogP contribution in [0.5, 0.6) is 0 Å². The Balaban J connectivity index is 1.55. The maximum absolute atomic E-state index is 11.9. The van der Waals surface area contributed by atoms with Gasteiger partial charge in [-0.25, -0.2) is 4.98 Å². The standard InChI is InChI=1S/C23H20Cl5N3O4/c24-19-20(25)31(12-29-19)10-17-9-18(14-3-1-13(11-32)2-4-14)35-21(34-17)15-5-7-16(8-6-15)30-22(33)23(26,27)28/h1-8,12,17-18,21,32H,9-11H2,(H,30,33). The summed E-state index contributed by atoms with van der Waals surface area (Å²) < 4.78 is 12.2. The Morgan fingerprint density at radius 1 is 1.06 bits per heavy atom. The van der Waals surface area contributed by atoms with E-state index in [1.54, 1.807) is 35.2 Å². The first-order valence-corrected chi connectivity index (χ1v) is 12.4. The number of anilines is 1. The summed E-state index contributed by atoms with van der Waals surface area (Å²) in [5.41, 5.74) is 2.93. The quantitative estimate of drug-likeness (QED) is 0.338. The molecule has 186 valence electrons. The lowest BCUT2D eigenvalue weighted by Crippen LogP contribution is -2.32. The highest BCUT2D eigenvalue weighted by atomic mass is 35.6. The number of carbonyl (C=O) groups is 1. The van der Waals surface area contributed by atoms with Gasteiger partial charge in [0.2, 0.25) is 0 Å². The largest absolute Gasteiger partial charge is 0.392 e. The molecule has 35 heavy (non-hydrogen) atoms. The molecule has 3 unspecified atom stereocenters. The second kappa shape index (κ2) is 11.2. The summed E-state index contributed by atoms with van der Waals surface area (Å²) in [5, 5.41) is 12.4. The van der Waals surface area contributed by atoms with Crippen molar-refractivity contribution in [2.45, 2.75) is 41.9 Å². The molecule has 0 bridgehead atoms. The summed E-state index contributed by atoms with van der Waals surface area (Å²) in [5.74, 6) is -0.761. The first kappa shape index (κ1) is 26.5. The number of hydrogen-bond donors (Lipinski definition) is 2. The molecular weight excluding hydrogens is 560 g/mol. The molecule has 1 aromatic heterocycles. The van der Waals surface area contributed by atoms with Crippen LogP contribution in [0, 0.1) is 0 Å². The van der Waals surface area contributed by atoms with E-state index in [4.69, 9.17) is 67.5 Å². The number of aliphatic hydroxyl groups is 1. The predicted molar refractivity (Wildman–Crippen MR) is 136 cm³/mol. The number of aromatic nitrogens is 2. The third-order valence-electron chi connectivity index (χ3n) is 5.45. The molecule has 3 aromatic rings. The summed E-state index contributed by atoms with van der Waals surface area (Å²) in [6, 6.07) is 14.4. The van der Waals surface area contributed by atoms with Gasteiger partial charge in [-0.2, -0.15) is 0 Å². The Morgan fingerprint density at radius 2 is 1.71 bits per heavy atom. The number of alkyl halides is 3. The third-order valence-corrected chi connectivity index (χ3v) is 6.73. The number of imidazole rings is 1. The van der Waals surface area contributed by atoms with E-state index in [1.807, 2.05) is 24.3 Å². The fourth-order valence-electron chi connectivity index (χ4n) is 3.65. The molecule has 1 fully saturated rings. The van der Waals surface area contributed by atoms with Gasteiger partial charge in [-0.15, -0.1) is 0 Å². The fraction of sp³-hybridized carbons (Fsp3) is 0.304. The highest BCUT2D eigenvalue weighted by Gasteiger charge is 2.33. The first-order valence-electron chi connectivity index (χ1n) is 10.5. The molecule has 0 spiro atoms. The molecule has 3 atom stereocenters. The van der Waals surface area contributed by atoms with Crippen molar-refractivity contribution >= 4 is 69.6 Å². The Morgan fingerprint density at radius 3 is 2.29 bits per heavy atom. The second-order valence-electron chi connectivity index (χ2n) is 7.90. The molecule has 2 heterocycles. The van der Waals surface area contributed by atoms with Gasteiger partial charge in [0.05, 0.1) is 31.7 Å². The van der Waals surface area contributed by atoms with Crippen LogP contribution in [0.2, 0.25) is 10.3 Å². The molecule has 2 N–H and O–H groups in total. The van der Waals surface area contributed by atoms with Gasteiger partial charge in [-0.05, 0) is 23.3 Å². The number of nitrogens with one attached hydrogen (secondary N) is 1. The van der Waals surface area contributed by atoms with Crippen molar-refractivity contribution in [1.29, 1.82) is 0 Å². The number of hydrogen-bond acceptors (Lipinski definition) is 5. The number of benzene rings is 2. The van der Waals surface area contributed by atoms with Gasteiger partial charge in [0.1, 0.15) is 5.15 Å².